The fraction of sp³-hybridized carbons (Fsp3) is 0.222. The third-order valence-electron chi connectivity index (χ3n) is 3.83. The number of nitrogens with two attached hydrogens (primary N) is 1. The van der Waals surface area contributed by atoms with Gasteiger partial charge in [0.05, 0.1) is 17.4 Å². The van der Waals surface area contributed by atoms with E-state index in [2.05, 4.69) is 20.5 Å². The third kappa shape index (κ3) is 3.35. The van der Waals surface area contributed by atoms with Crippen LogP contribution < -0.4 is 11.1 Å². The molecule has 0 spiro atoms. The summed E-state index contributed by atoms with van der Waals surface area (Å²) in [4.78, 5) is 16.4. The van der Waals surface area contributed by atoms with Crippen LogP contribution >= 0.6 is 0 Å². The van der Waals surface area contributed by atoms with Crippen molar-refractivity contribution in [1.82, 2.24) is 15.2 Å². The van der Waals surface area contributed by atoms with E-state index >= 15 is 0 Å². The van der Waals surface area contributed by atoms with Crippen molar-refractivity contribution in [3.63, 3.8) is 0 Å². The number of rotatable bonds is 3. The van der Waals surface area contributed by atoms with Gasteiger partial charge in [-0.15, -0.1) is 0 Å². The van der Waals surface area contributed by atoms with Gasteiger partial charge >= 0.3 is 0 Å². The molecule has 0 aliphatic rings. The topological polar surface area (TPSA) is 121 Å². The van der Waals surface area contributed by atoms with Crippen molar-refractivity contribution in [2.75, 3.05) is 5.32 Å². The fourth-order valence-electron chi connectivity index (χ4n) is 2.38. The Balaban J connectivity index is 1.98. The van der Waals surface area contributed by atoms with Gasteiger partial charge in [0, 0.05) is 22.6 Å². The Morgan fingerprint density at radius 3 is 2.64 bits per heavy atom. The molecule has 3 rings (SSSR count). The second kappa shape index (κ2) is 6.01. The van der Waals surface area contributed by atoms with Gasteiger partial charge in [-0.25, -0.2) is 0 Å². The minimum absolute atomic E-state index is 0.0735. The number of H-pyrrole nitrogens is 1. The molecule has 128 valence electrons. The van der Waals surface area contributed by atoms with Crippen LogP contribution in [0.1, 0.15) is 26.5 Å². The second-order valence-electron chi connectivity index (χ2n) is 6.91. The van der Waals surface area contributed by atoms with Crippen molar-refractivity contribution in [2.24, 2.45) is 11.1 Å². The lowest BCUT2D eigenvalue weighted by Gasteiger charge is -2.17. The van der Waals surface area contributed by atoms with Crippen LogP contribution in [0.25, 0.3) is 22.0 Å². The summed E-state index contributed by atoms with van der Waals surface area (Å²) in [6, 6.07) is 7.58. The number of anilines is 1. The molecule has 0 radical (unpaired) electrons. The number of aromatic nitrogens is 3. The first kappa shape index (κ1) is 16.6. The molecule has 0 fully saturated rings. The SMILES string of the molecule is CC(C)(C)C(=O)Nc1cncc(-c2ccc3[nH]nc(C(=N)N)c3c2)c1. The van der Waals surface area contributed by atoms with E-state index in [0.717, 1.165) is 22.0 Å². The maximum absolute atomic E-state index is 12.2. The summed E-state index contributed by atoms with van der Waals surface area (Å²) in [5.41, 5.74) is 8.70. The van der Waals surface area contributed by atoms with Gasteiger partial charge in [-0.1, -0.05) is 26.8 Å². The summed E-state index contributed by atoms with van der Waals surface area (Å²) < 4.78 is 0. The van der Waals surface area contributed by atoms with E-state index in [1.165, 1.54) is 0 Å². The number of nitrogens with zero attached hydrogens (tertiary/aromatic N) is 2. The van der Waals surface area contributed by atoms with E-state index in [1.807, 2.05) is 45.0 Å². The predicted molar refractivity (Wildman–Crippen MR) is 98.4 cm³/mol. The van der Waals surface area contributed by atoms with Crippen molar-refractivity contribution in [1.29, 1.82) is 5.41 Å². The van der Waals surface area contributed by atoms with Crippen molar-refractivity contribution in [3.8, 4) is 11.1 Å². The highest BCUT2D eigenvalue weighted by atomic mass is 16.2. The Bertz CT molecular complexity index is 967. The number of carbonyl (C=O) groups excluding carboxylic acids is 1. The molecule has 2 aromatic heterocycles. The second-order valence-corrected chi connectivity index (χ2v) is 6.91. The Kier molecular flexibility index (Phi) is 4.00. The van der Waals surface area contributed by atoms with Gasteiger partial charge in [0.1, 0.15) is 11.5 Å². The maximum Gasteiger partial charge on any atom is 0.229 e. The molecule has 7 nitrogen and oxygen atoms in total. The number of hydrogen-bond donors (Lipinski definition) is 4. The number of benzene rings is 1. The molecule has 5 N–H and O–H groups in total. The molecule has 1 amide bonds. The molecule has 0 aliphatic carbocycles. The summed E-state index contributed by atoms with van der Waals surface area (Å²) in [5, 5.41) is 18.2. The molecule has 7 heteroatoms. The van der Waals surface area contributed by atoms with Crippen LogP contribution in [0.2, 0.25) is 0 Å². The van der Waals surface area contributed by atoms with Crippen molar-refractivity contribution in [3.05, 3.63) is 42.4 Å². The van der Waals surface area contributed by atoms with Gasteiger partial charge in [0.25, 0.3) is 0 Å². The number of amidine groups is 1. The van der Waals surface area contributed by atoms with E-state index in [0.29, 0.717) is 11.4 Å². The zero-order chi connectivity index (χ0) is 18.2. The lowest BCUT2D eigenvalue weighted by molar-refractivity contribution is -0.123. The molecule has 25 heavy (non-hydrogen) atoms. The molecule has 0 saturated carbocycles. The number of nitrogens with one attached hydrogen (secondary N) is 3. The van der Waals surface area contributed by atoms with E-state index in [9.17, 15) is 4.79 Å². The van der Waals surface area contributed by atoms with Crippen LogP contribution in [0, 0.1) is 10.8 Å². The summed E-state index contributed by atoms with van der Waals surface area (Å²) in [7, 11) is 0. The summed E-state index contributed by atoms with van der Waals surface area (Å²) >= 11 is 0. The van der Waals surface area contributed by atoms with Crippen LogP contribution in [-0.4, -0.2) is 26.9 Å². The highest BCUT2D eigenvalue weighted by Crippen LogP contribution is 2.27. The summed E-state index contributed by atoms with van der Waals surface area (Å²) in [6.07, 6.45) is 3.34. The van der Waals surface area contributed by atoms with Crippen LogP contribution in [0.15, 0.2) is 36.7 Å². The lowest BCUT2D eigenvalue weighted by atomic mass is 9.95. The van der Waals surface area contributed by atoms with Gasteiger partial charge < -0.3 is 11.1 Å². The number of aromatic amines is 1. The highest BCUT2D eigenvalue weighted by molar-refractivity contribution is 6.06. The average Bonchev–Trinajstić information content (AvgIpc) is 2.97. The molecule has 2 heterocycles. The number of carbonyl (C=O) groups is 1. The Morgan fingerprint density at radius 2 is 1.96 bits per heavy atom. The van der Waals surface area contributed by atoms with Crippen molar-refractivity contribution in [2.45, 2.75) is 20.8 Å². The molecule has 0 atom stereocenters. The van der Waals surface area contributed by atoms with Gasteiger partial charge in [-0.05, 0) is 23.8 Å². The zero-order valence-corrected chi connectivity index (χ0v) is 14.3. The standard InChI is InChI=1S/C18H20N6O/c1-18(2,3)17(25)22-12-6-11(8-21-9-12)10-4-5-14-13(7-10)15(16(19)20)24-23-14/h4-9H,1-3H3,(H3,19,20)(H,22,25)(H,23,24). The van der Waals surface area contributed by atoms with Crippen molar-refractivity contribution < 1.29 is 4.79 Å². The minimum atomic E-state index is -0.484. The van der Waals surface area contributed by atoms with Crippen LogP contribution in [0.3, 0.4) is 0 Å². The van der Waals surface area contributed by atoms with Crippen LogP contribution in [0.5, 0.6) is 0 Å². The molecule has 3 aromatic rings. The van der Waals surface area contributed by atoms with Gasteiger partial charge in [0.15, 0.2) is 0 Å². The number of nitrogen functional groups attached to an aromatic ring is 1. The predicted octanol–water partition coefficient (Wildman–Crippen LogP) is 2.89. The normalized spacial score (nSPS) is 11.5. The molecule has 0 aliphatic heterocycles. The van der Waals surface area contributed by atoms with Crippen LogP contribution in [0.4, 0.5) is 5.69 Å². The Labute approximate surface area is 145 Å². The first-order valence-corrected chi connectivity index (χ1v) is 7.85. The number of hydrogen-bond acceptors (Lipinski definition) is 4. The van der Waals surface area contributed by atoms with Gasteiger partial charge in [-0.3, -0.25) is 20.3 Å². The number of fused-ring (bicyclic) bond motifs is 1. The van der Waals surface area contributed by atoms with Crippen molar-refractivity contribution >= 4 is 28.3 Å². The number of amides is 1. The molecule has 0 bridgehead atoms. The third-order valence-corrected chi connectivity index (χ3v) is 3.83. The summed E-state index contributed by atoms with van der Waals surface area (Å²) in [6.45, 7) is 5.57. The number of pyridine rings is 1. The smallest absolute Gasteiger partial charge is 0.229 e. The first-order valence-electron chi connectivity index (χ1n) is 7.85. The quantitative estimate of drug-likeness (QED) is 0.434. The van der Waals surface area contributed by atoms with Gasteiger partial charge in [0.2, 0.25) is 5.91 Å². The minimum Gasteiger partial charge on any atom is -0.382 e. The monoisotopic (exact) mass is 336 g/mol. The summed E-state index contributed by atoms with van der Waals surface area (Å²) in [5.74, 6) is -0.164. The van der Waals surface area contributed by atoms with E-state index < -0.39 is 5.41 Å². The molecule has 0 saturated heterocycles. The average molecular weight is 336 g/mol. The van der Waals surface area contributed by atoms with Gasteiger partial charge in [-0.2, -0.15) is 5.10 Å². The molecule has 1 aromatic carbocycles. The van der Waals surface area contributed by atoms with E-state index in [1.54, 1.807) is 12.4 Å². The highest BCUT2D eigenvalue weighted by Gasteiger charge is 2.21. The fourth-order valence-corrected chi connectivity index (χ4v) is 2.38. The Hall–Kier alpha value is -3.22. The maximum atomic E-state index is 12.2. The largest absolute Gasteiger partial charge is 0.382 e. The van der Waals surface area contributed by atoms with Crippen LogP contribution in [-0.2, 0) is 4.79 Å². The van der Waals surface area contributed by atoms with E-state index in [-0.39, 0.29) is 11.7 Å². The lowest BCUT2D eigenvalue weighted by Crippen LogP contribution is -2.27. The Morgan fingerprint density at radius 1 is 1.20 bits per heavy atom. The molecular weight excluding hydrogens is 316 g/mol. The van der Waals surface area contributed by atoms with E-state index in [4.69, 9.17) is 11.1 Å². The first-order chi connectivity index (χ1) is 11.8. The molecule has 0 unspecified atom stereocenters. The zero-order valence-electron chi connectivity index (χ0n) is 14.3. The molecular formula is C18H20N6O.